The Morgan fingerprint density at radius 2 is 2.44 bits per heavy atom. The van der Waals surface area contributed by atoms with Crippen LogP contribution in [-0.4, -0.2) is 43.0 Å². The highest BCUT2D eigenvalue weighted by Gasteiger charge is 2.13. The van der Waals surface area contributed by atoms with E-state index < -0.39 is 0 Å². The van der Waals surface area contributed by atoms with E-state index in [-0.39, 0.29) is 6.04 Å². The second kappa shape index (κ2) is 5.86. The second-order valence-electron chi connectivity index (χ2n) is 4.40. The number of thiophene rings is 1. The fourth-order valence-corrected chi connectivity index (χ4v) is 2.40. The lowest BCUT2D eigenvalue weighted by molar-refractivity contribution is 0.493. The average molecular weight is 265 g/mol. The molecule has 5 nitrogen and oxygen atoms in total. The zero-order valence-corrected chi connectivity index (χ0v) is 11.6. The molecule has 0 spiro atoms. The molecule has 1 aromatic rings. The zero-order valence-electron chi connectivity index (χ0n) is 10.8. The fourth-order valence-electron chi connectivity index (χ4n) is 1.70. The van der Waals surface area contributed by atoms with E-state index in [4.69, 9.17) is 5.73 Å². The van der Waals surface area contributed by atoms with Crippen molar-refractivity contribution in [2.24, 2.45) is 15.7 Å². The van der Waals surface area contributed by atoms with E-state index in [1.54, 1.807) is 11.3 Å². The first kappa shape index (κ1) is 12.9. The summed E-state index contributed by atoms with van der Waals surface area (Å²) >= 11 is 1.78. The molecule has 98 valence electrons. The molecule has 1 unspecified atom stereocenters. The molecular weight excluding hydrogens is 246 g/mol. The van der Waals surface area contributed by atoms with Gasteiger partial charge in [-0.2, -0.15) is 0 Å². The Morgan fingerprint density at radius 1 is 1.61 bits per heavy atom. The van der Waals surface area contributed by atoms with Crippen molar-refractivity contribution in [3.05, 3.63) is 22.4 Å². The minimum atomic E-state index is 0.165. The van der Waals surface area contributed by atoms with Crippen molar-refractivity contribution < 1.29 is 0 Å². The van der Waals surface area contributed by atoms with Crippen LogP contribution in [0.2, 0.25) is 0 Å². The van der Waals surface area contributed by atoms with E-state index in [1.807, 2.05) is 14.0 Å². The molecule has 3 N–H and O–H groups in total. The topological polar surface area (TPSA) is 66.0 Å². The van der Waals surface area contributed by atoms with Crippen molar-refractivity contribution in [2.75, 3.05) is 20.1 Å². The quantitative estimate of drug-likeness (QED) is 0.853. The minimum Gasteiger partial charge on any atom is -0.370 e. The number of hydrogen-bond donors (Lipinski definition) is 2. The van der Waals surface area contributed by atoms with Gasteiger partial charge in [-0.3, -0.25) is 10.3 Å². The molecule has 0 radical (unpaired) electrons. The first-order valence-corrected chi connectivity index (χ1v) is 6.91. The molecular formula is C12H19N5S. The van der Waals surface area contributed by atoms with Crippen LogP contribution < -0.4 is 11.1 Å². The molecule has 18 heavy (non-hydrogen) atoms. The summed E-state index contributed by atoms with van der Waals surface area (Å²) in [6.45, 7) is 3.59. The molecule has 0 saturated carbocycles. The number of guanidine groups is 2. The molecule has 0 bridgehead atoms. The summed E-state index contributed by atoms with van der Waals surface area (Å²) in [4.78, 5) is 12.2. The third-order valence-corrected chi connectivity index (χ3v) is 3.68. The largest absolute Gasteiger partial charge is 0.370 e. The molecule has 0 saturated heterocycles. The maximum Gasteiger partial charge on any atom is 0.200 e. The number of rotatable bonds is 3. The molecule has 2 rings (SSSR count). The zero-order chi connectivity index (χ0) is 13.0. The van der Waals surface area contributed by atoms with Crippen molar-refractivity contribution in [2.45, 2.75) is 19.4 Å². The standard InChI is InChI=1S/C12H19N5S/c1-9-8-14-11(13)16-12(15-9)17(2)6-5-10-4-3-7-18-10/h3-4,7,9H,5-6,8H2,1-2H3,(H3,13,14,15,16). The molecule has 0 aromatic carbocycles. The molecule has 0 amide bonds. The predicted octanol–water partition coefficient (Wildman–Crippen LogP) is 0.885. The number of nitrogens with one attached hydrogen (secondary N) is 1. The molecule has 1 aromatic heterocycles. The monoisotopic (exact) mass is 265 g/mol. The van der Waals surface area contributed by atoms with Gasteiger partial charge in [-0.15, -0.1) is 11.3 Å². The van der Waals surface area contributed by atoms with Crippen LogP contribution in [0.3, 0.4) is 0 Å². The van der Waals surface area contributed by atoms with Crippen LogP contribution in [0.4, 0.5) is 0 Å². The van der Waals surface area contributed by atoms with E-state index in [1.165, 1.54) is 4.88 Å². The Morgan fingerprint density at radius 3 is 3.17 bits per heavy atom. The Kier molecular flexibility index (Phi) is 4.19. The van der Waals surface area contributed by atoms with Gasteiger partial charge >= 0.3 is 0 Å². The summed E-state index contributed by atoms with van der Waals surface area (Å²) in [5, 5.41) is 5.15. The van der Waals surface area contributed by atoms with E-state index in [9.17, 15) is 0 Å². The van der Waals surface area contributed by atoms with Gasteiger partial charge in [0.05, 0.1) is 12.6 Å². The molecule has 1 aliphatic heterocycles. The maximum atomic E-state index is 5.75. The van der Waals surface area contributed by atoms with Gasteiger partial charge in [0.25, 0.3) is 0 Å². The summed E-state index contributed by atoms with van der Waals surface area (Å²) in [6.07, 6.45) is 1.01. The van der Waals surface area contributed by atoms with Crippen LogP contribution in [0.25, 0.3) is 0 Å². The van der Waals surface area contributed by atoms with Gasteiger partial charge in [0.15, 0.2) is 5.96 Å². The smallest absolute Gasteiger partial charge is 0.200 e. The molecule has 0 fully saturated rings. The van der Waals surface area contributed by atoms with Gasteiger partial charge in [0, 0.05) is 18.5 Å². The summed E-state index contributed by atoms with van der Waals surface area (Å²) in [6, 6.07) is 4.39. The Labute approximate surface area is 111 Å². The van der Waals surface area contributed by atoms with Crippen LogP contribution in [0.1, 0.15) is 11.8 Å². The van der Waals surface area contributed by atoms with Gasteiger partial charge in [-0.1, -0.05) is 6.07 Å². The van der Waals surface area contributed by atoms with Crippen molar-refractivity contribution in [3.8, 4) is 0 Å². The molecule has 1 aliphatic rings. The molecule has 1 atom stereocenters. The fraction of sp³-hybridized carbons (Fsp3) is 0.500. The summed E-state index contributed by atoms with van der Waals surface area (Å²) in [5.41, 5.74) is 5.75. The SMILES string of the molecule is CC1CN=C(N)NC(N(C)CCc2cccs2)=N1. The highest BCUT2D eigenvalue weighted by atomic mass is 32.1. The molecule has 0 aliphatic carbocycles. The van der Waals surface area contributed by atoms with Crippen LogP contribution >= 0.6 is 11.3 Å². The highest BCUT2D eigenvalue weighted by molar-refractivity contribution is 7.09. The summed E-state index contributed by atoms with van der Waals surface area (Å²) in [7, 11) is 2.02. The maximum absolute atomic E-state index is 5.75. The van der Waals surface area contributed by atoms with Gasteiger partial charge < -0.3 is 10.6 Å². The molecule has 6 heteroatoms. The Bertz CT molecular complexity index is 437. The number of nitrogens with two attached hydrogens (primary N) is 1. The highest BCUT2D eigenvalue weighted by Crippen LogP contribution is 2.09. The van der Waals surface area contributed by atoms with E-state index >= 15 is 0 Å². The lowest BCUT2D eigenvalue weighted by Gasteiger charge is -2.21. The number of hydrogen-bond acceptors (Lipinski definition) is 6. The lowest BCUT2D eigenvalue weighted by Crippen LogP contribution is -2.45. The normalized spacial score (nSPS) is 19.6. The predicted molar refractivity (Wildman–Crippen MR) is 77.2 cm³/mol. The Balaban J connectivity index is 1.95. The number of aliphatic imine (C=N–C) groups is 2. The van der Waals surface area contributed by atoms with Crippen molar-refractivity contribution in [1.29, 1.82) is 0 Å². The van der Waals surface area contributed by atoms with Gasteiger partial charge in [-0.05, 0) is 24.8 Å². The van der Waals surface area contributed by atoms with Crippen LogP contribution in [0, 0.1) is 0 Å². The van der Waals surface area contributed by atoms with Crippen LogP contribution in [0.15, 0.2) is 27.5 Å². The van der Waals surface area contributed by atoms with Gasteiger partial charge in [0.1, 0.15) is 0 Å². The van der Waals surface area contributed by atoms with Crippen molar-refractivity contribution >= 4 is 23.3 Å². The van der Waals surface area contributed by atoms with Gasteiger partial charge in [0.2, 0.25) is 5.96 Å². The first-order chi connectivity index (χ1) is 8.65. The third-order valence-electron chi connectivity index (χ3n) is 2.74. The van der Waals surface area contributed by atoms with Crippen LogP contribution in [-0.2, 0) is 6.42 Å². The lowest BCUT2D eigenvalue weighted by atomic mass is 10.3. The summed E-state index contributed by atoms with van der Waals surface area (Å²) in [5.74, 6) is 1.25. The van der Waals surface area contributed by atoms with Crippen molar-refractivity contribution in [1.82, 2.24) is 10.2 Å². The molecule has 2 heterocycles. The van der Waals surface area contributed by atoms with E-state index in [2.05, 4.69) is 37.7 Å². The average Bonchev–Trinajstić information content (AvgIpc) is 2.79. The third kappa shape index (κ3) is 3.46. The minimum absolute atomic E-state index is 0.165. The summed E-state index contributed by atoms with van der Waals surface area (Å²) < 4.78 is 0. The Hall–Kier alpha value is -1.56. The van der Waals surface area contributed by atoms with E-state index in [0.29, 0.717) is 12.5 Å². The number of nitrogens with zero attached hydrogens (tertiary/aromatic N) is 3. The van der Waals surface area contributed by atoms with Gasteiger partial charge in [-0.25, -0.2) is 4.99 Å². The second-order valence-corrected chi connectivity index (χ2v) is 5.44. The van der Waals surface area contributed by atoms with E-state index in [0.717, 1.165) is 18.9 Å². The van der Waals surface area contributed by atoms with Crippen molar-refractivity contribution in [3.63, 3.8) is 0 Å². The van der Waals surface area contributed by atoms with Crippen LogP contribution in [0.5, 0.6) is 0 Å². The number of likely N-dealkylation sites (N-methyl/N-ethyl adjacent to an activating group) is 1. The first-order valence-electron chi connectivity index (χ1n) is 6.03.